The summed E-state index contributed by atoms with van der Waals surface area (Å²) in [4.78, 5) is 24.5. The number of aliphatic carboxylic acids is 1. The number of carboxylic acids is 1. The fraction of sp³-hybridized carbons (Fsp3) is 0.0952. The van der Waals surface area contributed by atoms with Gasteiger partial charge in [-0.05, 0) is 24.3 Å². The molecule has 0 saturated heterocycles. The normalized spacial score (nSPS) is 14.8. The molecule has 0 spiro atoms. The van der Waals surface area contributed by atoms with Crippen LogP contribution in [-0.4, -0.2) is 33.9 Å². The Balaban J connectivity index is 1.75. The second kappa shape index (κ2) is 7.90. The lowest BCUT2D eigenvalue weighted by Crippen LogP contribution is -2.26. The second-order valence-electron chi connectivity index (χ2n) is 6.63. The maximum Gasteiger partial charge on any atom is 0.352 e. The number of amides is 1. The first-order valence-corrected chi connectivity index (χ1v) is 9.08. The van der Waals surface area contributed by atoms with Gasteiger partial charge in [0.1, 0.15) is 40.5 Å². The van der Waals surface area contributed by atoms with E-state index in [1.54, 1.807) is 24.3 Å². The number of rotatable bonds is 5. The number of hydrogen-bond acceptors (Lipinski definition) is 5. The maximum absolute atomic E-state index is 14.4. The van der Waals surface area contributed by atoms with Gasteiger partial charge in [-0.15, -0.1) is 0 Å². The minimum atomic E-state index is -1.31. The number of benzene rings is 2. The van der Waals surface area contributed by atoms with Gasteiger partial charge in [0.05, 0.1) is 19.0 Å². The lowest BCUT2D eigenvalue weighted by Gasteiger charge is -2.24. The Labute approximate surface area is 174 Å². The molecule has 10 heteroatoms. The van der Waals surface area contributed by atoms with Crippen molar-refractivity contribution in [2.24, 2.45) is 0 Å². The van der Waals surface area contributed by atoms with E-state index in [0.717, 1.165) is 6.07 Å². The van der Waals surface area contributed by atoms with E-state index in [0.29, 0.717) is 17.5 Å². The van der Waals surface area contributed by atoms with Gasteiger partial charge >= 0.3 is 5.97 Å². The van der Waals surface area contributed by atoms with Crippen molar-refractivity contribution in [2.75, 3.05) is 17.7 Å². The summed E-state index contributed by atoms with van der Waals surface area (Å²) < 4.78 is 34.2. The topological polar surface area (TPSA) is 105 Å². The van der Waals surface area contributed by atoms with E-state index in [1.165, 1.54) is 30.1 Å². The lowest BCUT2D eigenvalue weighted by molar-refractivity contribution is -0.132. The van der Waals surface area contributed by atoms with Crippen LogP contribution < -0.4 is 15.4 Å². The van der Waals surface area contributed by atoms with Crippen molar-refractivity contribution in [1.29, 1.82) is 0 Å². The van der Waals surface area contributed by atoms with Crippen molar-refractivity contribution >= 4 is 23.4 Å². The lowest BCUT2D eigenvalue weighted by atomic mass is 10.0. The molecule has 0 radical (unpaired) electrons. The molecule has 0 fully saturated rings. The smallest absolute Gasteiger partial charge is 0.352 e. The Morgan fingerprint density at radius 1 is 1.23 bits per heavy atom. The number of nitrogens with one attached hydrogen (secondary N) is 2. The van der Waals surface area contributed by atoms with E-state index < -0.39 is 29.6 Å². The predicted octanol–water partition coefficient (Wildman–Crippen LogP) is 3.41. The molecule has 3 N–H and O–H groups in total. The monoisotopic (exact) mass is 426 g/mol. The molecule has 8 nitrogen and oxygen atoms in total. The third-order valence-corrected chi connectivity index (χ3v) is 4.75. The molecule has 4 rings (SSSR count). The van der Waals surface area contributed by atoms with Crippen molar-refractivity contribution in [2.45, 2.75) is 6.04 Å². The molecule has 0 bridgehead atoms. The summed E-state index contributed by atoms with van der Waals surface area (Å²) in [6.07, 6.45) is 2.47. The molecular weight excluding hydrogens is 410 g/mol. The zero-order valence-corrected chi connectivity index (χ0v) is 16.1. The van der Waals surface area contributed by atoms with Crippen molar-refractivity contribution in [3.05, 3.63) is 83.2 Å². The number of hydrogen-bond donors (Lipinski definition) is 3. The number of fused-ring (bicyclic) bond motifs is 1. The number of carbonyl (C=O) groups is 2. The molecule has 0 saturated carbocycles. The quantitative estimate of drug-likeness (QED) is 0.578. The van der Waals surface area contributed by atoms with Crippen LogP contribution in [0.15, 0.2) is 60.4 Å². The maximum atomic E-state index is 14.4. The summed E-state index contributed by atoms with van der Waals surface area (Å²) in [5.41, 5.74) is 0.168. The third-order valence-electron chi connectivity index (χ3n) is 4.75. The molecule has 1 amide bonds. The highest BCUT2D eigenvalue weighted by Crippen LogP contribution is 2.34. The van der Waals surface area contributed by atoms with Gasteiger partial charge < -0.3 is 20.5 Å². The first-order valence-electron chi connectivity index (χ1n) is 9.08. The summed E-state index contributed by atoms with van der Waals surface area (Å²) in [5.74, 6) is -3.04. The molecule has 31 heavy (non-hydrogen) atoms. The molecular formula is C21H16F2N4O4. The average molecular weight is 426 g/mol. The largest absolute Gasteiger partial charge is 0.495 e. The average Bonchev–Trinajstić information content (AvgIpc) is 3.18. The summed E-state index contributed by atoms with van der Waals surface area (Å²) in [6, 6.07) is 8.72. The number of para-hydroxylation sites is 2. The highest BCUT2D eigenvalue weighted by atomic mass is 19.1. The van der Waals surface area contributed by atoms with Crippen molar-refractivity contribution in [3.8, 4) is 5.75 Å². The standard InChI is InChI=1S/C21H16F2N4O4/c1-31-18-5-3-2-4-15(18)26-20(28)13-10-24-27-17(9-16(21(29)30)25-19(13)27)12-7-6-11(22)8-14(12)23/h2-10,17,25H,1H3,(H,26,28)(H,29,30)/t17-/m1/s1. The Morgan fingerprint density at radius 3 is 2.71 bits per heavy atom. The van der Waals surface area contributed by atoms with Crippen molar-refractivity contribution in [1.82, 2.24) is 9.78 Å². The molecule has 3 aromatic rings. The van der Waals surface area contributed by atoms with E-state index in [2.05, 4.69) is 15.7 Å². The zero-order valence-electron chi connectivity index (χ0n) is 16.1. The number of carboxylic acid groups (broad SMARTS) is 1. The number of ether oxygens (including phenoxy) is 1. The molecule has 2 heterocycles. The molecule has 1 aromatic heterocycles. The third kappa shape index (κ3) is 3.70. The first-order chi connectivity index (χ1) is 14.9. The molecule has 0 aliphatic carbocycles. The van der Waals surface area contributed by atoms with Crippen LogP contribution in [0.25, 0.3) is 0 Å². The van der Waals surface area contributed by atoms with E-state index in [-0.39, 0.29) is 22.6 Å². The number of halogens is 2. The summed E-state index contributed by atoms with van der Waals surface area (Å²) >= 11 is 0. The summed E-state index contributed by atoms with van der Waals surface area (Å²) in [5, 5.41) is 19.0. The number of nitrogens with zero attached hydrogens (tertiary/aromatic N) is 2. The number of anilines is 2. The molecule has 0 unspecified atom stereocenters. The van der Waals surface area contributed by atoms with Crippen LogP contribution in [0.3, 0.4) is 0 Å². The molecule has 1 atom stereocenters. The van der Waals surface area contributed by atoms with E-state index in [4.69, 9.17) is 4.74 Å². The minimum Gasteiger partial charge on any atom is -0.495 e. The van der Waals surface area contributed by atoms with Crippen molar-refractivity contribution in [3.63, 3.8) is 0 Å². The molecule has 1 aliphatic rings. The second-order valence-corrected chi connectivity index (χ2v) is 6.63. The zero-order chi connectivity index (χ0) is 22.1. The van der Waals surface area contributed by atoms with Gasteiger partial charge in [0.15, 0.2) is 0 Å². The number of carbonyl (C=O) groups excluding carboxylic acids is 1. The molecule has 1 aliphatic heterocycles. The SMILES string of the molecule is COc1ccccc1NC(=O)c1cnn2c1NC(C(=O)O)=C[C@@H]2c1ccc(F)cc1F. The van der Waals surface area contributed by atoms with Crippen molar-refractivity contribution < 1.29 is 28.2 Å². The number of aromatic nitrogens is 2. The Morgan fingerprint density at radius 2 is 2.00 bits per heavy atom. The highest BCUT2D eigenvalue weighted by molar-refractivity contribution is 6.09. The van der Waals surface area contributed by atoms with E-state index in [1.807, 2.05) is 0 Å². The van der Waals surface area contributed by atoms with Gasteiger partial charge in [0.2, 0.25) is 0 Å². The fourth-order valence-corrected chi connectivity index (χ4v) is 3.29. The fourth-order valence-electron chi connectivity index (χ4n) is 3.29. The van der Waals surface area contributed by atoms with E-state index in [9.17, 15) is 23.5 Å². The van der Waals surface area contributed by atoms with Crippen LogP contribution >= 0.6 is 0 Å². The number of allylic oxidation sites excluding steroid dienone is 1. The van der Waals surface area contributed by atoms with Crippen LogP contribution in [0.2, 0.25) is 0 Å². The van der Waals surface area contributed by atoms with Gasteiger partial charge in [-0.1, -0.05) is 18.2 Å². The summed E-state index contributed by atoms with van der Waals surface area (Å²) in [6.45, 7) is 0. The minimum absolute atomic E-state index is 0.00249. The highest BCUT2D eigenvalue weighted by Gasteiger charge is 2.31. The van der Waals surface area contributed by atoms with Crippen LogP contribution in [0.4, 0.5) is 20.3 Å². The van der Waals surface area contributed by atoms with Gasteiger partial charge in [-0.25, -0.2) is 18.3 Å². The van der Waals surface area contributed by atoms with Gasteiger partial charge in [-0.3, -0.25) is 4.79 Å². The van der Waals surface area contributed by atoms with Crippen LogP contribution in [0.1, 0.15) is 22.0 Å². The van der Waals surface area contributed by atoms with Gasteiger partial charge in [0.25, 0.3) is 5.91 Å². The first kappa shape index (κ1) is 20.1. The van der Waals surface area contributed by atoms with Crippen LogP contribution in [0.5, 0.6) is 5.75 Å². The summed E-state index contributed by atoms with van der Waals surface area (Å²) in [7, 11) is 1.46. The van der Waals surface area contributed by atoms with Crippen LogP contribution in [-0.2, 0) is 4.79 Å². The predicted molar refractivity (Wildman–Crippen MR) is 107 cm³/mol. The Kier molecular flexibility index (Phi) is 5.12. The Hall–Kier alpha value is -4.21. The van der Waals surface area contributed by atoms with Gasteiger partial charge in [-0.2, -0.15) is 5.10 Å². The van der Waals surface area contributed by atoms with Gasteiger partial charge in [0, 0.05) is 11.6 Å². The van der Waals surface area contributed by atoms with Crippen LogP contribution in [0, 0.1) is 11.6 Å². The molecule has 158 valence electrons. The van der Waals surface area contributed by atoms with E-state index >= 15 is 0 Å². The Bertz CT molecular complexity index is 1220. The molecule has 2 aromatic carbocycles. The number of methoxy groups -OCH3 is 1.